The molecule has 6 heteroatoms. The van der Waals surface area contributed by atoms with E-state index in [-0.39, 0.29) is 0 Å². The zero-order chi connectivity index (χ0) is 17.5. The highest BCUT2D eigenvalue weighted by molar-refractivity contribution is 7.17. The number of aldehydes is 1. The Bertz CT molecular complexity index is 939. The maximum Gasteiger partial charge on any atom is 0.160 e. The molecule has 1 unspecified atom stereocenters. The topological polar surface area (TPSA) is 51.0 Å². The highest BCUT2D eigenvalue weighted by Crippen LogP contribution is 2.36. The molecule has 0 saturated carbocycles. The van der Waals surface area contributed by atoms with Gasteiger partial charge in [-0.05, 0) is 55.6 Å². The predicted octanol–water partition coefficient (Wildman–Crippen LogP) is 3.75. The van der Waals surface area contributed by atoms with Gasteiger partial charge in [0, 0.05) is 17.0 Å². The Labute approximate surface area is 156 Å². The van der Waals surface area contributed by atoms with Crippen molar-refractivity contribution in [3.63, 3.8) is 0 Å². The molecule has 3 fully saturated rings. The molecule has 0 aliphatic carbocycles. The van der Waals surface area contributed by atoms with Crippen molar-refractivity contribution in [2.24, 2.45) is 5.92 Å². The Balaban J connectivity index is 1.43. The number of fused-ring (bicyclic) bond motifs is 3. The summed E-state index contributed by atoms with van der Waals surface area (Å²) in [5, 5.41) is 8.89. The van der Waals surface area contributed by atoms with Gasteiger partial charge in [0.2, 0.25) is 0 Å². The molecule has 1 atom stereocenters. The van der Waals surface area contributed by atoms with Gasteiger partial charge >= 0.3 is 0 Å². The fourth-order valence-corrected chi connectivity index (χ4v) is 5.03. The number of carbonyl (C=O) groups excluding carboxylic acids is 1. The van der Waals surface area contributed by atoms with Gasteiger partial charge < -0.3 is 4.90 Å². The van der Waals surface area contributed by atoms with E-state index in [1.54, 1.807) is 0 Å². The van der Waals surface area contributed by atoms with Crippen LogP contribution in [0.2, 0.25) is 0 Å². The third-order valence-electron chi connectivity index (χ3n) is 5.66. The van der Waals surface area contributed by atoms with Crippen LogP contribution in [0.1, 0.15) is 28.6 Å². The molecule has 3 aliphatic heterocycles. The normalized spacial score (nSPS) is 24.7. The monoisotopic (exact) mass is 364 g/mol. The lowest BCUT2D eigenvalue weighted by Crippen LogP contribution is -2.48. The zero-order valence-corrected chi connectivity index (χ0v) is 15.2. The Morgan fingerprint density at radius 1 is 1.12 bits per heavy atom. The van der Waals surface area contributed by atoms with E-state index in [0.29, 0.717) is 6.04 Å². The summed E-state index contributed by atoms with van der Waals surface area (Å²) >= 11 is 1.51. The van der Waals surface area contributed by atoms with Gasteiger partial charge in [-0.15, -0.1) is 16.4 Å². The second kappa shape index (κ2) is 6.45. The maximum atomic E-state index is 10.9. The largest absolute Gasteiger partial charge is 0.301 e. The Kier molecular flexibility index (Phi) is 3.94. The molecule has 26 heavy (non-hydrogen) atoms. The van der Waals surface area contributed by atoms with E-state index >= 15 is 0 Å². The first-order valence-corrected chi connectivity index (χ1v) is 9.92. The fraction of sp³-hybridized carbons (Fsp3) is 0.350. The SMILES string of the molecule is O=Cc1ccc(-c2cccc(-c3cn(C4CN5CCC4CC5)nn3)c2)s1. The summed E-state index contributed by atoms with van der Waals surface area (Å²) in [6, 6.07) is 12.6. The number of benzene rings is 1. The minimum absolute atomic E-state index is 0.453. The van der Waals surface area contributed by atoms with Gasteiger partial charge in [0.15, 0.2) is 6.29 Å². The summed E-state index contributed by atoms with van der Waals surface area (Å²) in [5.41, 5.74) is 3.09. The van der Waals surface area contributed by atoms with Crippen LogP contribution >= 0.6 is 11.3 Å². The minimum atomic E-state index is 0.453. The number of hydrogen-bond donors (Lipinski definition) is 0. The van der Waals surface area contributed by atoms with Crippen LogP contribution < -0.4 is 0 Å². The van der Waals surface area contributed by atoms with Crippen LogP contribution in [0.4, 0.5) is 0 Å². The number of piperidine rings is 3. The third-order valence-corrected chi connectivity index (χ3v) is 6.72. The van der Waals surface area contributed by atoms with E-state index in [1.807, 2.05) is 18.2 Å². The average molecular weight is 364 g/mol. The summed E-state index contributed by atoms with van der Waals surface area (Å²) in [6.45, 7) is 3.56. The second-order valence-electron chi connectivity index (χ2n) is 7.19. The summed E-state index contributed by atoms with van der Waals surface area (Å²) in [6.07, 6.45) is 5.54. The van der Waals surface area contributed by atoms with Gasteiger partial charge in [0.25, 0.3) is 0 Å². The first-order valence-electron chi connectivity index (χ1n) is 9.10. The van der Waals surface area contributed by atoms with Gasteiger partial charge in [-0.3, -0.25) is 4.79 Å². The minimum Gasteiger partial charge on any atom is -0.301 e. The highest BCUT2D eigenvalue weighted by Gasteiger charge is 2.35. The van der Waals surface area contributed by atoms with E-state index in [0.717, 1.165) is 45.3 Å². The van der Waals surface area contributed by atoms with Gasteiger partial charge in [-0.25, -0.2) is 4.68 Å². The second-order valence-corrected chi connectivity index (χ2v) is 8.31. The van der Waals surface area contributed by atoms with Crippen molar-refractivity contribution in [3.05, 3.63) is 47.5 Å². The number of thiophene rings is 1. The van der Waals surface area contributed by atoms with Crippen LogP contribution in [-0.4, -0.2) is 45.8 Å². The van der Waals surface area contributed by atoms with Crippen molar-refractivity contribution < 1.29 is 4.79 Å². The summed E-state index contributed by atoms with van der Waals surface area (Å²) in [5.74, 6) is 0.730. The molecule has 2 aromatic heterocycles. The Hall–Kier alpha value is -2.31. The summed E-state index contributed by atoms with van der Waals surface area (Å²) < 4.78 is 2.08. The van der Waals surface area contributed by atoms with Crippen molar-refractivity contribution in [2.75, 3.05) is 19.6 Å². The van der Waals surface area contributed by atoms with Crippen molar-refractivity contribution in [3.8, 4) is 21.7 Å². The number of carbonyl (C=O) groups is 1. The Morgan fingerprint density at radius 2 is 1.96 bits per heavy atom. The van der Waals surface area contributed by atoms with E-state index in [1.165, 1.54) is 37.3 Å². The lowest BCUT2D eigenvalue weighted by atomic mass is 9.84. The molecular weight excluding hydrogens is 344 g/mol. The fourth-order valence-electron chi connectivity index (χ4n) is 4.21. The molecule has 5 nitrogen and oxygen atoms in total. The van der Waals surface area contributed by atoms with Crippen LogP contribution in [0.15, 0.2) is 42.6 Å². The maximum absolute atomic E-state index is 10.9. The van der Waals surface area contributed by atoms with E-state index < -0.39 is 0 Å². The van der Waals surface area contributed by atoms with Crippen molar-refractivity contribution >= 4 is 17.6 Å². The molecule has 0 radical (unpaired) electrons. The standard InChI is InChI=1S/C20H20N4OS/c25-13-17-4-5-20(26-17)16-3-1-2-15(10-16)18-11-24(22-21-18)19-12-23-8-6-14(19)7-9-23/h1-5,10-11,13-14,19H,6-9,12H2. The quantitative estimate of drug-likeness (QED) is 0.662. The van der Waals surface area contributed by atoms with Crippen molar-refractivity contribution in [2.45, 2.75) is 18.9 Å². The lowest BCUT2D eigenvalue weighted by molar-refractivity contribution is 0.0504. The van der Waals surface area contributed by atoms with Crippen LogP contribution in [-0.2, 0) is 0 Å². The number of rotatable bonds is 4. The van der Waals surface area contributed by atoms with E-state index in [2.05, 4.69) is 44.3 Å². The average Bonchev–Trinajstić information content (AvgIpc) is 3.39. The van der Waals surface area contributed by atoms with Crippen LogP contribution in [0.25, 0.3) is 21.7 Å². The van der Waals surface area contributed by atoms with Gasteiger partial charge in [0.05, 0.1) is 17.1 Å². The number of aromatic nitrogens is 3. The smallest absolute Gasteiger partial charge is 0.160 e. The third kappa shape index (κ3) is 2.79. The van der Waals surface area contributed by atoms with E-state index in [9.17, 15) is 4.79 Å². The number of nitrogens with zero attached hydrogens (tertiary/aromatic N) is 4. The number of hydrogen-bond acceptors (Lipinski definition) is 5. The molecule has 0 amide bonds. The summed E-state index contributed by atoms with van der Waals surface area (Å²) in [7, 11) is 0. The predicted molar refractivity (Wildman–Crippen MR) is 102 cm³/mol. The molecule has 2 bridgehead atoms. The highest BCUT2D eigenvalue weighted by atomic mass is 32.1. The Morgan fingerprint density at radius 3 is 2.69 bits per heavy atom. The lowest BCUT2D eigenvalue weighted by Gasteiger charge is -2.44. The zero-order valence-electron chi connectivity index (χ0n) is 14.4. The van der Waals surface area contributed by atoms with Crippen molar-refractivity contribution in [1.82, 2.24) is 19.9 Å². The molecule has 3 aromatic rings. The molecule has 132 valence electrons. The van der Waals surface area contributed by atoms with Crippen LogP contribution in [0, 0.1) is 5.92 Å². The van der Waals surface area contributed by atoms with E-state index in [4.69, 9.17) is 0 Å². The molecular formula is C20H20N4OS. The first-order chi connectivity index (χ1) is 12.8. The first kappa shape index (κ1) is 15.9. The molecule has 1 aromatic carbocycles. The molecule has 0 N–H and O–H groups in total. The molecule has 0 spiro atoms. The molecule has 6 rings (SSSR count). The van der Waals surface area contributed by atoms with Gasteiger partial charge in [0.1, 0.15) is 5.69 Å². The molecule has 3 aliphatic rings. The molecule has 3 saturated heterocycles. The van der Waals surface area contributed by atoms with Crippen LogP contribution in [0.5, 0.6) is 0 Å². The molecule has 5 heterocycles. The van der Waals surface area contributed by atoms with Crippen LogP contribution in [0.3, 0.4) is 0 Å². The van der Waals surface area contributed by atoms with Gasteiger partial charge in [-0.1, -0.05) is 23.4 Å². The van der Waals surface area contributed by atoms with Gasteiger partial charge in [-0.2, -0.15) is 0 Å². The summed E-state index contributed by atoms with van der Waals surface area (Å²) in [4.78, 5) is 15.3. The van der Waals surface area contributed by atoms with Crippen molar-refractivity contribution in [1.29, 1.82) is 0 Å².